The van der Waals surface area contributed by atoms with Gasteiger partial charge in [-0.05, 0) is 17.7 Å². The second-order valence-electron chi connectivity index (χ2n) is 3.48. The fourth-order valence-corrected chi connectivity index (χ4v) is 1.87. The Kier molecular flexibility index (Phi) is 3.57. The molecule has 0 atom stereocenters. The van der Waals surface area contributed by atoms with Crippen molar-refractivity contribution in [3.8, 4) is 6.07 Å². The van der Waals surface area contributed by atoms with Crippen LogP contribution in [0.5, 0.6) is 0 Å². The van der Waals surface area contributed by atoms with Crippen molar-refractivity contribution in [2.75, 3.05) is 0 Å². The molecule has 2 rings (SSSR count). The van der Waals surface area contributed by atoms with Crippen LogP contribution in [0.25, 0.3) is 0 Å². The van der Waals surface area contributed by atoms with Crippen molar-refractivity contribution in [2.24, 2.45) is 0 Å². The maximum absolute atomic E-state index is 8.71. The smallest absolute Gasteiger partial charge is 0.142 e. The molecular formula is C12H9N3S2. The van der Waals surface area contributed by atoms with Crippen LogP contribution in [0.1, 0.15) is 17.0 Å². The second kappa shape index (κ2) is 5.13. The van der Waals surface area contributed by atoms with E-state index in [0.29, 0.717) is 16.3 Å². The van der Waals surface area contributed by atoms with Crippen LogP contribution in [0, 0.1) is 11.3 Å². The zero-order chi connectivity index (χ0) is 12.3. The van der Waals surface area contributed by atoms with Crippen LogP contribution >= 0.6 is 24.8 Å². The van der Waals surface area contributed by atoms with Crippen LogP contribution in [0.3, 0.4) is 0 Å². The van der Waals surface area contributed by atoms with Crippen molar-refractivity contribution in [2.45, 2.75) is 6.42 Å². The second-order valence-corrected chi connectivity index (χ2v) is 4.59. The third-order valence-corrected chi connectivity index (χ3v) is 2.78. The van der Waals surface area contributed by atoms with E-state index < -0.39 is 0 Å². The molecule has 0 saturated heterocycles. The number of nitrogens with zero attached hydrogens (tertiary/aromatic N) is 3. The zero-order valence-electron chi connectivity index (χ0n) is 8.87. The Morgan fingerprint density at radius 2 is 2.12 bits per heavy atom. The molecule has 0 unspecified atom stereocenters. The number of benzene rings is 1. The summed E-state index contributed by atoms with van der Waals surface area (Å²) in [6.07, 6.45) is 4.15. The number of hydrogen-bond donors (Lipinski definition) is 1. The van der Waals surface area contributed by atoms with Gasteiger partial charge in [0.05, 0.1) is 11.6 Å². The molecule has 0 aliphatic rings. The van der Waals surface area contributed by atoms with Crippen molar-refractivity contribution >= 4 is 29.2 Å². The van der Waals surface area contributed by atoms with Gasteiger partial charge >= 0.3 is 0 Å². The van der Waals surface area contributed by atoms with Crippen LogP contribution < -0.4 is 0 Å². The summed E-state index contributed by atoms with van der Waals surface area (Å²) >= 11 is 9.14. The van der Waals surface area contributed by atoms with E-state index in [0.717, 1.165) is 11.4 Å². The minimum absolute atomic E-state index is 0.478. The number of hydrogen-bond acceptors (Lipinski definition) is 3. The summed E-state index contributed by atoms with van der Waals surface area (Å²) in [6, 6.07) is 9.51. The van der Waals surface area contributed by atoms with Crippen molar-refractivity contribution in [3.05, 3.63) is 53.6 Å². The van der Waals surface area contributed by atoms with Crippen LogP contribution in [-0.4, -0.2) is 13.9 Å². The first-order valence-electron chi connectivity index (χ1n) is 4.95. The van der Waals surface area contributed by atoms with Gasteiger partial charge in [-0.2, -0.15) is 5.26 Å². The van der Waals surface area contributed by atoms with E-state index >= 15 is 0 Å². The lowest BCUT2D eigenvalue weighted by Crippen LogP contribution is -2.06. The lowest BCUT2D eigenvalue weighted by atomic mass is 10.1. The van der Waals surface area contributed by atoms with Crippen LogP contribution in [0.4, 0.5) is 0 Å². The molecule has 0 radical (unpaired) electrons. The Morgan fingerprint density at radius 3 is 2.71 bits per heavy atom. The quantitative estimate of drug-likeness (QED) is 0.665. The number of thiol groups is 1. The summed E-state index contributed by atoms with van der Waals surface area (Å²) in [6.45, 7) is 0. The molecule has 17 heavy (non-hydrogen) atoms. The minimum Gasteiger partial charge on any atom is -0.289 e. The molecule has 0 fully saturated rings. The van der Waals surface area contributed by atoms with Crippen LogP contribution in [0.2, 0.25) is 0 Å². The van der Waals surface area contributed by atoms with Crippen molar-refractivity contribution in [1.29, 1.82) is 5.26 Å². The third kappa shape index (κ3) is 2.73. The van der Waals surface area contributed by atoms with Crippen molar-refractivity contribution in [1.82, 2.24) is 9.55 Å². The van der Waals surface area contributed by atoms with Gasteiger partial charge in [0.15, 0.2) is 0 Å². The average Bonchev–Trinajstić information content (AvgIpc) is 2.78. The maximum atomic E-state index is 8.71. The number of nitriles is 1. The molecule has 0 bridgehead atoms. The highest BCUT2D eigenvalue weighted by Crippen LogP contribution is 2.10. The highest BCUT2D eigenvalue weighted by atomic mass is 32.1. The summed E-state index contributed by atoms with van der Waals surface area (Å²) in [4.78, 5) is 4.24. The summed E-state index contributed by atoms with van der Waals surface area (Å²) in [5, 5.41) is 8.71. The first kappa shape index (κ1) is 11.8. The average molecular weight is 259 g/mol. The lowest BCUT2D eigenvalue weighted by Gasteiger charge is -2.04. The molecule has 3 nitrogen and oxygen atoms in total. The minimum atomic E-state index is 0.478. The molecule has 5 heteroatoms. The predicted octanol–water partition coefficient (Wildman–Crippen LogP) is 2.41. The molecule has 0 aliphatic heterocycles. The number of rotatable bonds is 2. The summed E-state index contributed by atoms with van der Waals surface area (Å²) in [5.74, 6) is 0.842. The van der Waals surface area contributed by atoms with Crippen LogP contribution in [-0.2, 0) is 6.42 Å². The Labute approximate surface area is 110 Å². The van der Waals surface area contributed by atoms with Gasteiger partial charge in [0.1, 0.15) is 10.1 Å². The summed E-state index contributed by atoms with van der Waals surface area (Å²) in [7, 11) is 0. The SMILES string of the molecule is N#Cc1ccc(Cc2nccn2C(=S)S)cc1. The molecule has 0 aliphatic carbocycles. The fraction of sp³-hybridized carbons (Fsp3) is 0.0833. The van der Waals surface area contributed by atoms with Gasteiger partial charge < -0.3 is 0 Å². The molecule has 1 heterocycles. The largest absolute Gasteiger partial charge is 0.289 e. The van der Waals surface area contributed by atoms with Gasteiger partial charge in [0.25, 0.3) is 0 Å². The van der Waals surface area contributed by atoms with E-state index in [1.165, 1.54) is 0 Å². The van der Waals surface area contributed by atoms with E-state index in [9.17, 15) is 0 Å². The van der Waals surface area contributed by atoms with Gasteiger partial charge in [0, 0.05) is 18.8 Å². The van der Waals surface area contributed by atoms with E-state index in [2.05, 4.69) is 23.7 Å². The van der Waals surface area contributed by atoms with Crippen LogP contribution in [0.15, 0.2) is 36.7 Å². The maximum Gasteiger partial charge on any atom is 0.142 e. The first-order valence-corrected chi connectivity index (χ1v) is 5.81. The lowest BCUT2D eigenvalue weighted by molar-refractivity contribution is 0.968. The molecule has 84 valence electrons. The number of aromatic nitrogens is 2. The molecule has 0 N–H and O–H groups in total. The zero-order valence-corrected chi connectivity index (χ0v) is 10.6. The summed E-state index contributed by atoms with van der Waals surface area (Å²) in [5.41, 5.74) is 1.74. The van der Waals surface area contributed by atoms with E-state index in [1.54, 1.807) is 29.1 Å². The Balaban J connectivity index is 2.23. The van der Waals surface area contributed by atoms with Gasteiger partial charge in [-0.3, -0.25) is 4.57 Å². The fourth-order valence-electron chi connectivity index (χ4n) is 1.52. The Bertz CT molecular complexity index is 579. The number of thiocarbonyl (C=S) groups is 1. The predicted molar refractivity (Wildman–Crippen MR) is 73.2 cm³/mol. The Morgan fingerprint density at radius 1 is 1.41 bits per heavy atom. The highest BCUT2D eigenvalue weighted by molar-refractivity contribution is 8.11. The molecule has 2 aromatic rings. The monoisotopic (exact) mass is 259 g/mol. The van der Waals surface area contributed by atoms with Gasteiger partial charge in [0.2, 0.25) is 0 Å². The molecule has 1 aromatic heterocycles. The molecule has 0 spiro atoms. The normalized spacial score (nSPS) is 9.88. The van der Waals surface area contributed by atoms with E-state index in [1.807, 2.05) is 12.1 Å². The van der Waals surface area contributed by atoms with E-state index in [4.69, 9.17) is 17.5 Å². The highest BCUT2D eigenvalue weighted by Gasteiger charge is 2.05. The third-order valence-electron chi connectivity index (χ3n) is 2.37. The molecular weight excluding hydrogens is 250 g/mol. The molecule has 1 aromatic carbocycles. The molecule has 0 saturated carbocycles. The van der Waals surface area contributed by atoms with Crippen molar-refractivity contribution in [3.63, 3.8) is 0 Å². The first-order chi connectivity index (χ1) is 8.20. The van der Waals surface area contributed by atoms with Gasteiger partial charge in [-0.25, -0.2) is 4.98 Å². The topological polar surface area (TPSA) is 41.6 Å². The summed E-state index contributed by atoms with van der Waals surface area (Å²) < 4.78 is 2.24. The number of imidazole rings is 1. The van der Waals surface area contributed by atoms with Gasteiger partial charge in [-0.1, -0.05) is 24.4 Å². The van der Waals surface area contributed by atoms with Crippen molar-refractivity contribution < 1.29 is 0 Å². The van der Waals surface area contributed by atoms with Gasteiger partial charge in [-0.15, -0.1) is 12.6 Å². The standard InChI is InChI=1S/C12H9N3S2/c13-8-10-3-1-9(2-4-10)7-11-14-5-6-15(11)12(16)17/h1-6H,7H2,(H,16,17). The van der Waals surface area contributed by atoms with E-state index in [-0.39, 0.29) is 0 Å². The Hall–Kier alpha value is -1.64. The molecule has 0 amide bonds.